The van der Waals surface area contributed by atoms with Crippen molar-refractivity contribution in [3.8, 4) is 0 Å². The number of thioether (sulfide) groups is 1. The Kier molecular flexibility index (Phi) is 28.8. The molecule has 0 aliphatic carbocycles. The number of ether oxygens (including phenoxy) is 2. The highest BCUT2D eigenvalue weighted by molar-refractivity contribution is 7.99. The maximum absolute atomic E-state index is 12.5. The van der Waals surface area contributed by atoms with Gasteiger partial charge in [0.15, 0.2) is 0 Å². The molecule has 0 rings (SSSR count). The SMILES string of the molecule is CCCCCCCCCCCC(=O)OC[C@H](CSC[C@H](N)C(=O)N[C@H](C)CO)OC(=O)CCCCCCCCCCC. The average Bonchev–Trinajstić information content (AvgIpc) is 2.97. The van der Waals surface area contributed by atoms with E-state index in [0.29, 0.717) is 24.3 Å². The number of rotatable bonds is 30. The third kappa shape index (κ3) is 26.3. The summed E-state index contributed by atoms with van der Waals surface area (Å²) in [4.78, 5) is 37.0. The smallest absolute Gasteiger partial charge is 0.306 e. The molecule has 8 nitrogen and oxygen atoms in total. The van der Waals surface area contributed by atoms with E-state index in [1.54, 1.807) is 6.92 Å². The molecule has 0 bridgehead atoms. The van der Waals surface area contributed by atoms with Gasteiger partial charge in [-0.1, -0.05) is 117 Å². The van der Waals surface area contributed by atoms with Crippen LogP contribution in [0.15, 0.2) is 0 Å². The maximum atomic E-state index is 12.5. The third-order valence-corrected chi connectivity index (χ3v) is 8.50. The molecule has 0 saturated carbocycles. The van der Waals surface area contributed by atoms with Crippen molar-refractivity contribution in [1.29, 1.82) is 0 Å². The Morgan fingerprint density at radius 1 is 0.714 bits per heavy atom. The molecule has 0 aromatic carbocycles. The Bertz CT molecular complexity index is 666. The number of aliphatic hydroxyl groups excluding tert-OH is 1. The predicted octanol–water partition coefficient (Wildman–Crippen LogP) is 6.84. The van der Waals surface area contributed by atoms with Crippen molar-refractivity contribution in [2.24, 2.45) is 5.73 Å². The van der Waals surface area contributed by atoms with Crippen LogP contribution in [0.3, 0.4) is 0 Å². The largest absolute Gasteiger partial charge is 0.462 e. The van der Waals surface area contributed by atoms with Crippen molar-refractivity contribution in [2.75, 3.05) is 24.7 Å². The van der Waals surface area contributed by atoms with E-state index in [1.807, 2.05) is 0 Å². The zero-order valence-corrected chi connectivity index (χ0v) is 28.0. The minimum Gasteiger partial charge on any atom is -0.462 e. The van der Waals surface area contributed by atoms with Crippen LogP contribution in [0.25, 0.3) is 0 Å². The summed E-state index contributed by atoms with van der Waals surface area (Å²) in [6, 6.07) is -1.12. The van der Waals surface area contributed by atoms with Crippen LogP contribution in [0.5, 0.6) is 0 Å². The van der Waals surface area contributed by atoms with Gasteiger partial charge in [-0.25, -0.2) is 0 Å². The molecule has 0 fully saturated rings. The van der Waals surface area contributed by atoms with Crippen LogP contribution in [0.4, 0.5) is 0 Å². The lowest BCUT2D eigenvalue weighted by molar-refractivity contribution is -0.157. The summed E-state index contributed by atoms with van der Waals surface area (Å²) in [6.07, 6.45) is 21.3. The molecule has 0 radical (unpaired) electrons. The summed E-state index contributed by atoms with van der Waals surface area (Å²) < 4.78 is 11.2. The molecule has 0 aliphatic heterocycles. The third-order valence-electron chi connectivity index (χ3n) is 7.30. The molecular formula is C33H64N2O6S. The monoisotopic (exact) mass is 616 g/mol. The minimum absolute atomic E-state index is 0.00967. The summed E-state index contributed by atoms with van der Waals surface area (Å²) >= 11 is 1.39. The average molecular weight is 617 g/mol. The fourth-order valence-corrected chi connectivity index (χ4v) is 5.55. The van der Waals surface area contributed by atoms with E-state index in [9.17, 15) is 14.4 Å². The van der Waals surface area contributed by atoms with Gasteiger partial charge in [0.2, 0.25) is 5.91 Å². The van der Waals surface area contributed by atoms with Crippen molar-refractivity contribution in [3.63, 3.8) is 0 Å². The van der Waals surface area contributed by atoms with Crippen molar-refractivity contribution in [1.82, 2.24) is 5.32 Å². The van der Waals surface area contributed by atoms with Crippen LogP contribution in [0, 0.1) is 0 Å². The summed E-state index contributed by atoms with van der Waals surface area (Å²) in [5.41, 5.74) is 5.98. The van der Waals surface area contributed by atoms with Gasteiger partial charge < -0.3 is 25.6 Å². The zero-order valence-electron chi connectivity index (χ0n) is 27.2. The highest BCUT2D eigenvalue weighted by Gasteiger charge is 2.20. The Labute approximate surface area is 261 Å². The number of nitrogens with one attached hydrogen (secondary N) is 1. The van der Waals surface area contributed by atoms with Crippen molar-refractivity contribution in [2.45, 2.75) is 167 Å². The molecule has 3 atom stereocenters. The minimum atomic E-state index is -0.753. The second kappa shape index (κ2) is 29.7. The summed E-state index contributed by atoms with van der Waals surface area (Å²) in [7, 11) is 0. The first-order valence-electron chi connectivity index (χ1n) is 16.9. The van der Waals surface area contributed by atoms with E-state index in [0.717, 1.165) is 38.5 Å². The lowest BCUT2D eigenvalue weighted by Gasteiger charge is -2.19. The number of carbonyl (C=O) groups excluding carboxylic acids is 3. The van der Waals surface area contributed by atoms with E-state index in [2.05, 4.69) is 19.2 Å². The zero-order chi connectivity index (χ0) is 31.3. The normalized spacial score (nSPS) is 13.4. The van der Waals surface area contributed by atoms with Crippen LogP contribution in [0.1, 0.15) is 149 Å². The van der Waals surface area contributed by atoms with Gasteiger partial charge in [0.1, 0.15) is 12.7 Å². The molecule has 0 aromatic heterocycles. The van der Waals surface area contributed by atoms with Gasteiger partial charge in [-0.3, -0.25) is 14.4 Å². The fraction of sp³-hybridized carbons (Fsp3) is 0.909. The van der Waals surface area contributed by atoms with Gasteiger partial charge in [-0.05, 0) is 19.8 Å². The number of nitrogens with two attached hydrogens (primary N) is 1. The van der Waals surface area contributed by atoms with Crippen molar-refractivity contribution < 1.29 is 29.0 Å². The van der Waals surface area contributed by atoms with Crippen LogP contribution in [0.2, 0.25) is 0 Å². The number of hydrogen-bond donors (Lipinski definition) is 3. The van der Waals surface area contributed by atoms with E-state index in [4.69, 9.17) is 20.3 Å². The van der Waals surface area contributed by atoms with Gasteiger partial charge in [-0.15, -0.1) is 0 Å². The lowest BCUT2D eigenvalue weighted by atomic mass is 10.1. The molecule has 42 heavy (non-hydrogen) atoms. The number of aliphatic hydroxyl groups is 1. The molecule has 9 heteroatoms. The molecule has 0 aromatic rings. The lowest BCUT2D eigenvalue weighted by Crippen LogP contribution is -2.47. The van der Waals surface area contributed by atoms with Gasteiger partial charge >= 0.3 is 11.9 Å². The first-order chi connectivity index (χ1) is 20.3. The fourth-order valence-electron chi connectivity index (χ4n) is 4.58. The van der Waals surface area contributed by atoms with Crippen molar-refractivity contribution >= 4 is 29.6 Å². The summed E-state index contributed by atoms with van der Waals surface area (Å²) in [5, 5.41) is 11.8. The summed E-state index contributed by atoms with van der Waals surface area (Å²) in [6.45, 7) is 5.99. The predicted molar refractivity (Wildman–Crippen MR) is 175 cm³/mol. The molecule has 1 amide bonds. The topological polar surface area (TPSA) is 128 Å². The molecular weight excluding hydrogens is 552 g/mol. The van der Waals surface area contributed by atoms with Crippen LogP contribution in [-0.2, 0) is 23.9 Å². The quantitative estimate of drug-likeness (QED) is 0.0591. The van der Waals surface area contributed by atoms with Crippen LogP contribution < -0.4 is 11.1 Å². The highest BCUT2D eigenvalue weighted by atomic mass is 32.2. The van der Waals surface area contributed by atoms with Crippen molar-refractivity contribution in [3.05, 3.63) is 0 Å². The van der Waals surface area contributed by atoms with E-state index >= 15 is 0 Å². The second-order valence-corrected chi connectivity index (χ2v) is 12.8. The van der Waals surface area contributed by atoms with Crippen LogP contribution >= 0.6 is 11.8 Å². The molecule has 0 spiro atoms. The Morgan fingerprint density at radius 3 is 1.64 bits per heavy atom. The van der Waals surface area contributed by atoms with Gasteiger partial charge in [0.25, 0.3) is 0 Å². The molecule has 4 N–H and O–H groups in total. The maximum Gasteiger partial charge on any atom is 0.306 e. The Hall–Kier alpha value is -1.32. The molecule has 0 aliphatic rings. The number of esters is 2. The molecule has 0 heterocycles. The van der Waals surface area contributed by atoms with Gasteiger partial charge in [0.05, 0.1) is 12.6 Å². The van der Waals surface area contributed by atoms with Gasteiger partial charge in [-0.2, -0.15) is 11.8 Å². The molecule has 248 valence electrons. The highest BCUT2D eigenvalue weighted by Crippen LogP contribution is 2.14. The Balaban J connectivity index is 4.44. The number of carbonyl (C=O) groups is 3. The standard InChI is InChI=1S/C33H64N2O6S/c1-4-6-8-10-12-14-16-18-20-22-31(37)40-25-29(26-42-27-30(34)33(39)35-28(3)24-36)41-32(38)23-21-19-17-15-13-11-9-7-5-2/h28-30,36H,4-27,34H2,1-3H3,(H,35,39)/t28-,29-,30+/m1/s1. The first-order valence-corrected chi connectivity index (χ1v) is 18.1. The number of unbranched alkanes of at least 4 members (excludes halogenated alkanes) is 16. The summed E-state index contributed by atoms with van der Waals surface area (Å²) in [5.74, 6) is -0.182. The second-order valence-electron chi connectivity index (χ2n) is 11.7. The number of amides is 1. The first kappa shape index (κ1) is 40.7. The van der Waals surface area contributed by atoms with Crippen LogP contribution in [-0.4, -0.2) is 65.9 Å². The Morgan fingerprint density at radius 2 is 1.17 bits per heavy atom. The molecule has 0 unspecified atom stereocenters. The molecule has 0 saturated heterocycles. The number of hydrogen-bond acceptors (Lipinski definition) is 8. The van der Waals surface area contributed by atoms with E-state index < -0.39 is 12.1 Å². The van der Waals surface area contributed by atoms with Gasteiger partial charge in [0, 0.05) is 30.4 Å². The van der Waals surface area contributed by atoms with E-state index in [1.165, 1.54) is 88.8 Å². The van der Waals surface area contributed by atoms with E-state index in [-0.39, 0.29) is 37.1 Å².